The van der Waals surface area contributed by atoms with Gasteiger partial charge in [-0.15, -0.1) is 0 Å². The van der Waals surface area contributed by atoms with E-state index in [1.165, 1.54) is 12.1 Å². The van der Waals surface area contributed by atoms with Crippen LogP contribution in [0.15, 0.2) is 33.3 Å². The second kappa shape index (κ2) is 5.50. The fourth-order valence-corrected chi connectivity index (χ4v) is 2.10. The molecule has 2 N–H and O–H groups in total. The Morgan fingerprint density at radius 2 is 2.00 bits per heavy atom. The molecule has 0 radical (unpaired) electrons. The Morgan fingerprint density at radius 1 is 1.32 bits per heavy atom. The average Bonchev–Trinajstić information content (AvgIpc) is 2.92. The van der Waals surface area contributed by atoms with Crippen molar-refractivity contribution in [3.63, 3.8) is 0 Å². The van der Waals surface area contributed by atoms with Crippen molar-refractivity contribution in [3.8, 4) is 0 Å². The quantitative estimate of drug-likeness (QED) is 0.818. The predicted octanol–water partition coefficient (Wildman–Crippen LogP) is 2.11. The lowest BCUT2D eigenvalue weighted by molar-refractivity contribution is 0.0827. The van der Waals surface area contributed by atoms with Crippen LogP contribution in [-0.2, 0) is 7.05 Å². The molecule has 0 atom stereocenters. The van der Waals surface area contributed by atoms with Gasteiger partial charge < -0.3 is 8.98 Å². The fourth-order valence-electron chi connectivity index (χ4n) is 1.43. The van der Waals surface area contributed by atoms with Crippen molar-refractivity contribution >= 4 is 39.3 Å². The maximum atomic E-state index is 11.8. The normalized spacial score (nSPS) is 10.3. The van der Waals surface area contributed by atoms with Gasteiger partial charge in [0, 0.05) is 17.7 Å². The fraction of sp³-hybridized carbons (Fsp3) is 0.0909. The minimum absolute atomic E-state index is 0.0124. The number of nitrogens with one attached hydrogen (secondary N) is 2. The second-order valence-electron chi connectivity index (χ2n) is 3.67. The standard InChI is InChI=1S/C11H9BrClN3O3/c1-16-5-6(12)4-7(16)10(17)14-15-11(18)8-2-3-9(13)19-8/h2-5H,1H3,(H,14,17)(H,15,18). The van der Waals surface area contributed by atoms with Crippen molar-refractivity contribution in [2.24, 2.45) is 7.05 Å². The molecule has 19 heavy (non-hydrogen) atoms. The molecule has 2 aromatic heterocycles. The lowest BCUT2D eigenvalue weighted by atomic mass is 10.4. The molecule has 100 valence electrons. The van der Waals surface area contributed by atoms with Crippen LogP contribution in [0.4, 0.5) is 0 Å². The van der Waals surface area contributed by atoms with Gasteiger partial charge in [0.2, 0.25) is 0 Å². The predicted molar refractivity (Wildman–Crippen MR) is 71.8 cm³/mol. The summed E-state index contributed by atoms with van der Waals surface area (Å²) in [5.41, 5.74) is 4.90. The summed E-state index contributed by atoms with van der Waals surface area (Å²) in [5.74, 6) is -1.02. The summed E-state index contributed by atoms with van der Waals surface area (Å²) in [7, 11) is 1.72. The van der Waals surface area contributed by atoms with Crippen molar-refractivity contribution in [1.82, 2.24) is 15.4 Å². The Kier molecular flexibility index (Phi) is 3.96. The monoisotopic (exact) mass is 345 g/mol. The van der Waals surface area contributed by atoms with Gasteiger partial charge in [-0.25, -0.2) is 0 Å². The summed E-state index contributed by atoms with van der Waals surface area (Å²) < 4.78 is 7.29. The number of aromatic nitrogens is 1. The Morgan fingerprint density at radius 3 is 2.53 bits per heavy atom. The van der Waals surface area contributed by atoms with Crippen LogP contribution in [0.3, 0.4) is 0 Å². The van der Waals surface area contributed by atoms with Gasteiger partial charge in [0.25, 0.3) is 5.91 Å². The highest BCUT2D eigenvalue weighted by Crippen LogP contribution is 2.14. The van der Waals surface area contributed by atoms with Crippen molar-refractivity contribution in [2.75, 3.05) is 0 Å². The number of aryl methyl sites for hydroxylation is 1. The number of rotatable bonds is 2. The Labute approximate surface area is 121 Å². The van der Waals surface area contributed by atoms with Crippen LogP contribution >= 0.6 is 27.5 Å². The van der Waals surface area contributed by atoms with Crippen LogP contribution in [-0.4, -0.2) is 16.4 Å². The molecule has 6 nitrogen and oxygen atoms in total. The molecule has 0 unspecified atom stereocenters. The van der Waals surface area contributed by atoms with Crippen molar-refractivity contribution in [2.45, 2.75) is 0 Å². The van der Waals surface area contributed by atoms with Crippen LogP contribution in [0.25, 0.3) is 0 Å². The van der Waals surface area contributed by atoms with Gasteiger partial charge in [-0.1, -0.05) is 0 Å². The highest BCUT2D eigenvalue weighted by molar-refractivity contribution is 9.10. The SMILES string of the molecule is Cn1cc(Br)cc1C(=O)NNC(=O)c1ccc(Cl)o1. The van der Waals surface area contributed by atoms with Gasteiger partial charge in [-0.05, 0) is 45.7 Å². The van der Waals surface area contributed by atoms with Gasteiger partial charge in [-0.3, -0.25) is 20.4 Å². The van der Waals surface area contributed by atoms with Crippen LogP contribution in [0.5, 0.6) is 0 Å². The molecule has 0 fully saturated rings. The van der Waals surface area contributed by atoms with E-state index < -0.39 is 11.8 Å². The first kappa shape index (κ1) is 13.7. The van der Waals surface area contributed by atoms with E-state index in [0.717, 1.165) is 4.47 Å². The maximum Gasteiger partial charge on any atom is 0.305 e. The summed E-state index contributed by atoms with van der Waals surface area (Å²) in [5, 5.41) is 0.0999. The first-order valence-electron chi connectivity index (χ1n) is 5.15. The summed E-state index contributed by atoms with van der Waals surface area (Å²) in [6, 6.07) is 4.47. The number of carbonyl (C=O) groups excluding carboxylic acids is 2. The number of amides is 2. The second-order valence-corrected chi connectivity index (χ2v) is 4.95. The zero-order valence-corrected chi connectivity index (χ0v) is 12.1. The van der Waals surface area contributed by atoms with E-state index in [1.807, 2.05) is 0 Å². The maximum absolute atomic E-state index is 11.8. The minimum Gasteiger partial charge on any atom is -0.439 e. The van der Waals surface area contributed by atoms with Crippen molar-refractivity contribution < 1.29 is 14.0 Å². The van der Waals surface area contributed by atoms with Gasteiger partial charge in [0.05, 0.1) is 0 Å². The number of carbonyl (C=O) groups is 2. The molecule has 2 aromatic rings. The molecule has 2 heterocycles. The van der Waals surface area contributed by atoms with Crippen LogP contribution in [0.1, 0.15) is 21.0 Å². The summed E-state index contributed by atoms with van der Waals surface area (Å²) in [4.78, 5) is 23.4. The Hall–Kier alpha value is -1.73. The van der Waals surface area contributed by atoms with E-state index in [0.29, 0.717) is 5.69 Å². The van der Waals surface area contributed by atoms with Gasteiger partial charge in [0.15, 0.2) is 11.0 Å². The Balaban J connectivity index is 1.97. The molecule has 2 amide bonds. The molecule has 0 aliphatic rings. The molecule has 2 rings (SSSR count). The third-order valence-electron chi connectivity index (χ3n) is 2.29. The number of hydrogen-bond acceptors (Lipinski definition) is 3. The van der Waals surface area contributed by atoms with Crippen molar-refractivity contribution in [3.05, 3.63) is 45.5 Å². The third-order valence-corrected chi connectivity index (χ3v) is 2.93. The first-order chi connectivity index (χ1) is 8.97. The van der Waals surface area contributed by atoms with Crippen LogP contribution in [0.2, 0.25) is 5.22 Å². The van der Waals surface area contributed by atoms with Gasteiger partial charge in [0.1, 0.15) is 5.69 Å². The minimum atomic E-state index is -0.589. The molecule has 0 bridgehead atoms. The third kappa shape index (κ3) is 3.18. The topological polar surface area (TPSA) is 76.3 Å². The average molecular weight is 347 g/mol. The van der Waals surface area contributed by atoms with Crippen molar-refractivity contribution in [1.29, 1.82) is 0 Å². The number of hydrogen-bond donors (Lipinski definition) is 2. The van der Waals surface area contributed by atoms with Crippen LogP contribution < -0.4 is 10.9 Å². The van der Waals surface area contributed by atoms with Crippen LogP contribution in [0, 0.1) is 0 Å². The smallest absolute Gasteiger partial charge is 0.305 e. The molecule has 8 heteroatoms. The van der Waals surface area contributed by atoms with E-state index in [1.54, 1.807) is 23.9 Å². The van der Waals surface area contributed by atoms with Gasteiger partial charge >= 0.3 is 5.91 Å². The number of hydrazine groups is 1. The molecule has 0 aliphatic carbocycles. The highest BCUT2D eigenvalue weighted by Gasteiger charge is 2.14. The molecular formula is C11H9BrClN3O3. The highest BCUT2D eigenvalue weighted by atomic mass is 79.9. The molecule has 0 aliphatic heterocycles. The van der Waals surface area contributed by atoms with E-state index in [9.17, 15) is 9.59 Å². The number of halogens is 2. The summed E-state index contributed by atoms with van der Waals surface area (Å²) in [6.07, 6.45) is 1.73. The largest absolute Gasteiger partial charge is 0.439 e. The lowest BCUT2D eigenvalue weighted by Gasteiger charge is -2.06. The zero-order chi connectivity index (χ0) is 14.0. The summed E-state index contributed by atoms with van der Waals surface area (Å²) >= 11 is 8.80. The Bertz CT molecular complexity index is 635. The number of furan rings is 1. The van der Waals surface area contributed by atoms with E-state index in [-0.39, 0.29) is 11.0 Å². The number of nitrogens with zero attached hydrogens (tertiary/aromatic N) is 1. The van der Waals surface area contributed by atoms with Gasteiger partial charge in [-0.2, -0.15) is 0 Å². The zero-order valence-electron chi connectivity index (χ0n) is 9.74. The molecule has 0 saturated heterocycles. The lowest BCUT2D eigenvalue weighted by Crippen LogP contribution is -2.42. The van der Waals surface area contributed by atoms with E-state index >= 15 is 0 Å². The van der Waals surface area contributed by atoms with E-state index in [2.05, 4.69) is 26.8 Å². The molecular weight excluding hydrogens is 337 g/mol. The molecule has 0 spiro atoms. The molecule has 0 aromatic carbocycles. The first-order valence-corrected chi connectivity index (χ1v) is 6.32. The van der Waals surface area contributed by atoms with E-state index in [4.69, 9.17) is 16.0 Å². The summed E-state index contributed by atoms with van der Waals surface area (Å²) in [6.45, 7) is 0. The molecule has 0 saturated carbocycles.